The van der Waals surface area contributed by atoms with E-state index in [0.29, 0.717) is 23.5 Å². The van der Waals surface area contributed by atoms with E-state index in [-0.39, 0.29) is 24.8 Å². The zero-order valence-corrected chi connectivity index (χ0v) is 15.8. The normalized spacial score (nSPS) is 10.9. The van der Waals surface area contributed by atoms with Gasteiger partial charge in [-0.25, -0.2) is 0 Å². The van der Waals surface area contributed by atoms with Crippen LogP contribution in [0.3, 0.4) is 0 Å². The summed E-state index contributed by atoms with van der Waals surface area (Å²) in [6.45, 7) is -0.893. The highest BCUT2D eigenvalue weighted by atomic mass is 19.3. The van der Waals surface area contributed by atoms with Crippen molar-refractivity contribution in [3.05, 3.63) is 59.7 Å². The van der Waals surface area contributed by atoms with Crippen molar-refractivity contribution in [3.8, 4) is 17.2 Å². The minimum atomic E-state index is -2.89. The Bertz CT molecular complexity index is 809. The molecule has 0 bridgehead atoms. The van der Waals surface area contributed by atoms with E-state index < -0.39 is 6.61 Å². The number of para-hydroxylation sites is 1. The van der Waals surface area contributed by atoms with Gasteiger partial charge in [-0.1, -0.05) is 36.4 Å². The third-order valence-electron chi connectivity index (χ3n) is 3.81. The van der Waals surface area contributed by atoms with E-state index in [1.165, 1.54) is 13.2 Å². The molecule has 0 fully saturated rings. The quantitative estimate of drug-likeness (QED) is 0.663. The van der Waals surface area contributed by atoms with E-state index in [1.54, 1.807) is 24.3 Å². The number of hydrogen-bond donors (Lipinski definition) is 1. The Labute approximate surface area is 162 Å². The molecule has 0 saturated carbocycles. The highest BCUT2D eigenvalue weighted by Crippen LogP contribution is 2.28. The zero-order valence-electron chi connectivity index (χ0n) is 15.8. The van der Waals surface area contributed by atoms with Gasteiger partial charge in [0.2, 0.25) is 0 Å². The number of rotatable bonds is 10. The topological polar surface area (TPSA) is 56.8 Å². The third kappa shape index (κ3) is 6.57. The summed E-state index contributed by atoms with van der Waals surface area (Å²) in [5, 5.41) is 2.69. The van der Waals surface area contributed by atoms with Gasteiger partial charge in [-0.3, -0.25) is 4.79 Å². The van der Waals surface area contributed by atoms with Crippen molar-refractivity contribution in [3.63, 3.8) is 0 Å². The Balaban J connectivity index is 1.84. The molecule has 0 aliphatic rings. The standard InChI is InChI=1S/C21H23F2NO4/c1-3-6-15-9-10-18(19(13-15)26-2)27-14-20(25)24-12-11-16-7-4-5-8-17(16)28-21(22)23/h3-10,13,21H,11-12,14H2,1-2H3,(H,24,25)/b6-3+. The molecule has 0 unspecified atom stereocenters. The summed E-state index contributed by atoms with van der Waals surface area (Å²) >= 11 is 0. The van der Waals surface area contributed by atoms with Crippen LogP contribution in [0.1, 0.15) is 18.1 Å². The maximum atomic E-state index is 12.4. The summed E-state index contributed by atoms with van der Waals surface area (Å²) in [4.78, 5) is 12.0. The molecule has 150 valence electrons. The SMILES string of the molecule is C/C=C/c1ccc(OCC(=O)NCCc2ccccc2OC(F)F)c(OC)c1. The van der Waals surface area contributed by atoms with Crippen molar-refractivity contribution < 1.29 is 27.8 Å². The van der Waals surface area contributed by atoms with Crippen molar-refractivity contribution in [2.45, 2.75) is 20.0 Å². The lowest BCUT2D eigenvalue weighted by Crippen LogP contribution is -2.30. The molecule has 0 aliphatic carbocycles. The van der Waals surface area contributed by atoms with Crippen LogP contribution in [0.5, 0.6) is 17.2 Å². The number of amides is 1. The second-order valence-electron chi connectivity index (χ2n) is 5.79. The molecule has 0 saturated heterocycles. The van der Waals surface area contributed by atoms with Crippen LogP contribution >= 0.6 is 0 Å². The Morgan fingerprint density at radius 1 is 1.14 bits per heavy atom. The smallest absolute Gasteiger partial charge is 0.387 e. The highest BCUT2D eigenvalue weighted by molar-refractivity contribution is 5.77. The van der Waals surface area contributed by atoms with Crippen LogP contribution in [0.2, 0.25) is 0 Å². The van der Waals surface area contributed by atoms with Crippen LogP contribution in [0.25, 0.3) is 6.08 Å². The molecule has 0 atom stereocenters. The van der Waals surface area contributed by atoms with Crippen molar-refractivity contribution in [2.75, 3.05) is 20.3 Å². The lowest BCUT2D eigenvalue weighted by atomic mass is 10.1. The molecule has 0 heterocycles. The van der Waals surface area contributed by atoms with Crippen LogP contribution < -0.4 is 19.5 Å². The van der Waals surface area contributed by atoms with Gasteiger partial charge >= 0.3 is 6.61 Å². The lowest BCUT2D eigenvalue weighted by molar-refractivity contribution is -0.123. The van der Waals surface area contributed by atoms with Crippen molar-refractivity contribution in [1.29, 1.82) is 0 Å². The molecular weight excluding hydrogens is 368 g/mol. The fourth-order valence-electron chi connectivity index (χ4n) is 2.55. The molecule has 7 heteroatoms. The maximum absolute atomic E-state index is 12.4. The average Bonchev–Trinajstić information content (AvgIpc) is 2.68. The van der Waals surface area contributed by atoms with Gasteiger partial charge in [-0.15, -0.1) is 0 Å². The van der Waals surface area contributed by atoms with Gasteiger partial charge in [0.1, 0.15) is 5.75 Å². The Hall–Kier alpha value is -3.09. The summed E-state index contributed by atoms with van der Waals surface area (Å²) in [6.07, 6.45) is 4.19. The van der Waals surface area contributed by atoms with E-state index in [0.717, 1.165) is 5.56 Å². The lowest BCUT2D eigenvalue weighted by Gasteiger charge is -2.12. The first-order valence-corrected chi connectivity index (χ1v) is 8.76. The number of benzene rings is 2. The predicted molar refractivity (Wildman–Crippen MR) is 103 cm³/mol. The average molecular weight is 391 g/mol. The first kappa shape index (κ1) is 21.2. The number of ether oxygens (including phenoxy) is 3. The second-order valence-corrected chi connectivity index (χ2v) is 5.79. The Morgan fingerprint density at radius 2 is 1.93 bits per heavy atom. The minimum Gasteiger partial charge on any atom is -0.493 e. The van der Waals surface area contributed by atoms with Crippen molar-refractivity contribution in [1.82, 2.24) is 5.32 Å². The zero-order chi connectivity index (χ0) is 20.4. The summed E-state index contributed by atoms with van der Waals surface area (Å²) in [6, 6.07) is 11.9. The number of halogens is 2. The van der Waals surface area contributed by atoms with Crippen LogP contribution in [-0.2, 0) is 11.2 Å². The Morgan fingerprint density at radius 3 is 2.64 bits per heavy atom. The van der Waals surface area contributed by atoms with Gasteiger partial charge in [0, 0.05) is 6.54 Å². The summed E-state index contributed by atoms with van der Waals surface area (Å²) in [5.74, 6) is 0.767. The highest BCUT2D eigenvalue weighted by Gasteiger charge is 2.11. The third-order valence-corrected chi connectivity index (χ3v) is 3.81. The molecule has 2 rings (SSSR count). The number of carbonyl (C=O) groups is 1. The number of allylic oxidation sites excluding steroid dienone is 1. The second kappa shape index (κ2) is 10.9. The van der Waals surface area contributed by atoms with Crippen LogP contribution in [-0.4, -0.2) is 32.8 Å². The van der Waals surface area contributed by atoms with E-state index in [9.17, 15) is 13.6 Å². The molecule has 2 aromatic rings. The molecule has 0 aromatic heterocycles. The molecule has 1 amide bonds. The Kier molecular flexibility index (Phi) is 8.27. The molecule has 2 aromatic carbocycles. The van der Waals surface area contributed by atoms with Crippen LogP contribution in [0.15, 0.2) is 48.5 Å². The molecule has 0 aliphatic heterocycles. The minimum absolute atomic E-state index is 0.106. The maximum Gasteiger partial charge on any atom is 0.387 e. The van der Waals surface area contributed by atoms with E-state index in [4.69, 9.17) is 9.47 Å². The predicted octanol–water partition coefficient (Wildman–Crippen LogP) is 4.07. The first-order chi connectivity index (χ1) is 13.5. The molecular formula is C21H23F2NO4. The van der Waals surface area contributed by atoms with Gasteiger partial charge in [0.05, 0.1) is 7.11 Å². The molecule has 28 heavy (non-hydrogen) atoms. The summed E-state index contributed by atoms with van der Waals surface area (Å²) in [7, 11) is 1.53. The van der Waals surface area contributed by atoms with Crippen LogP contribution in [0.4, 0.5) is 8.78 Å². The van der Waals surface area contributed by atoms with Crippen molar-refractivity contribution >= 4 is 12.0 Å². The summed E-state index contributed by atoms with van der Waals surface area (Å²) in [5.41, 5.74) is 1.55. The molecule has 1 N–H and O–H groups in total. The van der Waals surface area contributed by atoms with Gasteiger partial charge in [0.25, 0.3) is 5.91 Å². The van der Waals surface area contributed by atoms with E-state index in [1.807, 2.05) is 31.2 Å². The fraction of sp³-hybridized carbons (Fsp3) is 0.286. The number of alkyl halides is 2. The molecule has 0 spiro atoms. The number of methoxy groups -OCH3 is 1. The molecule has 0 radical (unpaired) electrons. The van der Waals surface area contributed by atoms with Gasteiger partial charge in [-0.05, 0) is 42.7 Å². The number of nitrogens with one attached hydrogen (secondary N) is 1. The molecule has 5 nitrogen and oxygen atoms in total. The summed E-state index contributed by atoms with van der Waals surface area (Å²) < 4.78 is 40.1. The van der Waals surface area contributed by atoms with E-state index in [2.05, 4.69) is 10.1 Å². The number of carbonyl (C=O) groups excluding carboxylic acids is 1. The monoisotopic (exact) mass is 391 g/mol. The van der Waals surface area contributed by atoms with Gasteiger partial charge in [-0.2, -0.15) is 8.78 Å². The van der Waals surface area contributed by atoms with E-state index >= 15 is 0 Å². The van der Waals surface area contributed by atoms with Crippen LogP contribution in [0, 0.1) is 0 Å². The van der Waals surface area contributed by atoms with Gasteiger partial charge < -0.3 is 19.5 Å². The van der Waals surface area contributed by atoms with Crippen molar-refractivity contribution in [2.24, 2.45) is 0 Å². The fourth-order valence-corrected chi connectivity index (χ4v) is 2.55. The number of hydrogen-bond acceptors (Lipinski definition) is 4. The van der Waals surface area contributed by atoms with Gasteiger partial charge in [0.15, 0.2) is 18.1 Å². The first-order valence-electron chi connectivity index (χ1n) is 8.76. The largest absolute Gasteiger partial charge is 0.493 e.